The first-order chi connectivity index (χ1) is 8.99. The molecule has 1 aromatic carbocycles. The number of rotatable bonds is 3. The van der Waals surface area contributed by atoms with Gasteiger partial charge in [0.15, 0.2) is 5.84 Å². The molecule has 0 atom stereocenters. The van der Waals surface area contributed by atoms with E-state index in [0.717, 1.165) is 0 Å². The monoisotopic (exact) mass is 276 g/mol. The van der Waals surface area contributed by atoms with Gasteiger partial charge in [-0.05, 0) is 36.4 Å². The van der Waals surface area contributed by atoms with Gasteiger partial charge in [-0.2, -0.15) is 8.42 Å². The van der Waals surface area contributed by atoms with Gasteiger partial charge in [0.05, 0.1) is 4.90 Å². The Morgan fingerprint density at radius 3 is 2.37 bits per heavy atom. The molecule has 0 fully saturated rings. The van der Waals surface area contributed by atoms with Crippen molar-refractivity contribution in [2.45, 2.75) is 4.90 Å². The molecule has 0 unspecified atom stereocenters. The zero-order chi connectivity index (χ0) is 13.9. The van der Waals surface area contributed by atoms with Gasteiger partial charge in [-0.3, -0.25) is 4.98 Å². The minimum atomic E-state index is -3.86. The quantitative estimate of drug-likeness (QED) is 0.488. The van der Waals surface area contributed by atoms with E-state index in [0.29, 0.717) is 11.4 Å². The minimum absolute atomic E-state index is 0.0283. The average Bonchev–Trinajstić information content (AvgIpc) is 2.40. The Bertz CT molecular complexity index is 694. The number of pyridine rings is 1. The number of nitrogen functional groups attached to an aromatic ring is 1. The number of hydrogen-bond donors (Lipinski definition) is 2. The first-order valence-corrected chi connectivity index (χ1v) is 6.80. The highest BCUT2D eigenvalue weighted by Gasteiger charge is 2.14. The van der Waals surface area contributed by atoms with Crippen molar-refractivity contribution in [3.8, 4) is 0 Å². The predicted octanol–water partition coefficient (Wildman–Crippen LogP) is 0.758. The van der Waals surface area contributed by atoms with Gasteiger partial charge in [0, 0.05) is 11.9 Å². The molecular formula is C12H12N4O2S. The van der Waals surface area contributed by atoms with E-state index in [1.165, 1.54) is 30.5 Å². The van der Waals surface area contributed by atoms with Gasteiger partial charge in [0.1, 0.15) is 5.69 Å². The number of benzene rings is 1. The number of nitrogens with zero attached hydrogens (tertiary/aromatic N) is 2. The normalized spacial score (nSPS) is 12.3. The SMILES string of the molecule is N/C(=N\S(=O)(=O)c1ccc(N)cc1)c1ccccn1. The summed E-state index contributed by atoms with van der Waals surface area (Å²) in [5, 5.41) is 0. The van der Waals surface area contributed by atoms with Crippen molar-refractivity contribution in [1.82, 2.24) is 4.98 Å². The maximum absolute atomic E-state index is 12.0. The molecule has 0 amide bonds. The van der Waals surface area contributed by atoms with Crippen LogP contribution in [0.2, 0.25) is 0 Å². The number of aromatic nitrogens is 1. The Morgan fingerprint density at radius 2 is 1.79 bits per heavy atom. The van der Waals surface area contributed by atoms with Gasteiger partial charge in [0.2, 0.25) is 0 Å². The molecule has 1 heterocycles. The average molecular weight is 276 g/mol. The largest absolute Gasteiger partial charge is 0.399 e. The van der Waals surface area contributed by atoms with Gasteiger partial charge in [-0.25, -0.2) is 0 Å². The summed E-state index contributed by atoms with van der Waals surface area (Å²) < 4.78 is 27.5. The highest BCUT2D eigenvalue weighted by molar-refractivity contribution is 7.90. The standard InChI is InChI=1S/C12H12N4O2S/c13-9-4-6-10(7-5-9)19(17,18)16-12(14)11-3-1-2-8-15-11/h1-8H,13H2,(H2,14,16). The van der Waals surface area contributed by atoms with Gasteiger partial charge in [0.25, 0.3) is 10.0 Å². The van der Waals surface area contributed by atoms with Crippen LogP contribution in [0.5, 0.6) is 0 Å². The summed E-state index contributed by atoms with van der Waals surface area (Å²) in [6.45, 7) is 0. The molecule has 98 valence electrons. The van der Waals surface area contributed by atoms with Crippen molar-refractivity contribution in [3.63, 3.8) is 0 Å². The molecule has 0 aliphatic rings. The van der Waals surface area contributed by atoms with Crippen molar-refractivity contribution in [1.29, 1.82) is 0 Å². The van der Waals surface area contributed by atoms with Crippen molar-refractivity contribution in [3.05, 3.63) is 54.4 Å². The van der Waals surface area contributed by atoms with Crippen LogP contribution < -0.4 is 11.5 Å². The van der Waals surface area contributed by atoms with E-state index in [-0.39, 0.29) is 10.7 Å². The molecular weight excluding hydrogens is 264 g/mol. The van der Waals surface area contributed by atoms with Crippen LogP contribution in [-0.2, 0) is 10.0 Å². The van der Waals surface area contributed by atoms with E-state index in [9.17, 15) is 8.42 Å². The van der Waals surface area contributed by atoms with Crippen LogP contribution in [0.3, 0.4) is 0 Å². The fourth-order valence-corrected chi connectivity index (χ4v) is 2.32. The second-order valence-corrected chi connectivity index (χ2v) is 5.34. The lowest BCUT2D eigenvalue weighted by molar-refractivity contribution is 0.598. The molecule has 0 aliphatic carbocycles. The summed E-state index contributed by atoms with van der Waals surface area (Å²) in [6.07, 6.45) is 1.51. The summed E-state index contributed by atoms with van der Waals surface area (Å²) >= 11 is 0. The van der Waals surface area contributed by atoms with E-state index in [2.05, 4.69) is 9.38 Å². The number of nitrogens with two attached hydrogens (primary N) is 2. The molecule has 0 saturated carbocycles. The first kappa shape index (κ1) is 13.0. The summed E-state index contributed by atoms with van der Waals surface area (Å²) in [6, 6.07) is 10.7. The Balaban J connectivity index is 2.39. The molecule has 2 aromatic rings. The zero-order valence-corrected chi connectivity index (χ0v) is 10.7. The molecule has 19 heavy (non-hydrogen) atoms. The molecule has 6 nitrogen and oxygen atoms in total. The zero-order valence-electron chi connectivity index (χ0n) is 9.89. The van der Waals surface area contributed by atoms with Gasteiger partial charge in [-0.1, -0.05) is 6.07 Å². The first-order valence-electron chi connectivity index (χ1n) is 5.36. The predicted molar refractivity (Wildman–Crippen MR) is 73.0 cm³/mol. The number of anilines is 1. The Morgan fingerprint density at radius 1 is 1.11 bits per heavy atom. The van der Waals surface area contributed by atoms with Crippen LogP contribution in [0, 0.1) is 0 Å². The Hall–Kier alpha value is -2.41. The van der Waals surface area contributed by atoms with Crippen LogP contribution in [0.1, 0.15) is 5.69 Å². The molecule has 4 N–H and O–H groups in total. The Kier molecular flexibility index (Phi) is 3.48. The van der Waals surface area contributed by atoms with Crippen molar-refractivity contribution < 1.29 is 8.42 Å². The van der Waals surface area contributed by atoms with Crippen LogP contribution in [0.4, 0.5) is 5.69 Å². The number of sulfonamides is 1. The van der Waals surface area contributed by atoms with Crippen molar-refractivity contribution in [2.24, 2.45) is 10.1 Å². The van der Waals surface area contributed by atoms with Crippen LogP contribution >= 0.6 is 0 Å². The summed E-state index contributed by atoms with van der Waals surface area (Å²) in [4.78, 5) is 3.96. The molecule has 0 aliphatic heterocycles. The molecule has 0 radical (unpaired) electrons. The Labute approximate surface area is 110 Å². The molecule has 2 rings (SSSR count). The third kappa shape index (κ3) is 3.08. The van der Waals surface area contributed by atoms with E-state index >= 15 is 0 Å². The third-order valence-electron chi connectivity index (χ3n) is 2.32. The molecule has 0 saturated heterocycles. The smallest absolute Gasteiger partial charge is 0.284 e. The maximum atomic E-state index is 12.0. The second-order valence-electron chi connectivity index (χ2n) is 3.74. The highest BCUT2D eigenvalue weighted by Crippen LogP contribution is 2.14. The lowest BCUT2D eigenvalue weighted by Gasteiger charge is -2.02. The fourth-order valence-electron chi connectivity index (χ4n) is 1.38. The van der Waals surface area contributed by atoms with Crippen LogP contribution in [0.15, 0.2) is 58.0 Å². The highest BCUT2D eigenvalue weighted by atomic mass is 32.2. The lowest BCUT2D eigenvalue weighted by atomic mass is 10.3. The molecule has 0 bridgehead atoms. The third-order valence-corrected chi connectivity index (χ3v) is 3.63. The lowest BCUT2D eigenvalue weighted by Crippen LogP contribution is -2.17. The van der Waals surface area contributed by atoms with Crippen molar-refractivity contribution >= 4 is 21.5 Å². The second kappa shape index (κ2) is 5.07. The van der Waals surface area contributed by atoms with Crippen LogP contribution in [0.25, 0.3) is 0 Å². The van der Waals surface area contributed by atoms with Gasteiger partial charge >= 0.3 is 0 Å². The number of amidine groups is 1. The number of hydrogen-bond acceptors (Lipinski definition) is 4. The fraction of sp³-hybridized carbons (Fsp3) is 0. The van der Waals surface area contributed by atoms with E-state index < -0.39 is 10.0 Å². The van der Waals surface area contributed by atoms with Gasteiger partial charge < -0.3 is 11.5 Å². The topological polar surface area (TPSA) is 111 Å². The summed E-state index contributed by atoms with van der Waals surface area (Å²) in [5.41, 5.74) is 11.9. The summed E-state index contributed by atoms with van der Waals surface area (Å²) in [5.74, 6) is -0.155. The molecule has 1 aromatic heterocycles. The van der Waals surface area contributed by atoms with E-state index in [4.69, 9.17) is 11.5 Å². The molecule has 7 heteroatoms. The summed E-state index contributed by atoms with van der Waals surface area (Å²) in [7, 11) is -3.86. The van der Waals surface area contributed by atoms with Crippen LogP contribution in [-0.4, -0.2) is 19.2 Å². The van der Waals surface area contributed by atoms with Gasteiger partial charge in [-0.15, -0.1) is 4.40 Å². The molecule has 0 spiro atoms. The minimum Gasteiger partial charge on any atom is -0.399 e. The van der Waals surface area contributed by atoms with E-state index in [1.54, 1.807) is 18.2 Å². The van der Waals surface area contributed by atoms with Crippen molar-refractivity contribution in [2.75, 3.05) is 5.73 Å². The van der Waals surface area contributed by atoms with E-state index in [1.807, 2.05) is 0 Å². The maximum Gasteiger partial charge on any atom is 0.284 e.